The largest absolute Gasteiger partial charge is 0.490 e. The molecule has 3 aromatic rings. The lowest BCUT2D eigenvalue weighted by atomic mass is 10.0. The molecule has 2 aromatic carbocycles. The molecule has 0 spiro atoms. The van der Waals surface area contributed by atoms with E-state index >= 15 is 0 Å². The van der Waals surface area contributed by atoms with Gasteiger partial charge >= 0.3 is 0 Å². The van der Waals surface area contributed by atoms with Crippen molar-refractivity contribution in [2.45, 2.75) is 51.9 Å². The molecule has 8 nitrogen and oxygen atoms in total. The zero-order valence-corrected chi connectivity index (χ0v) is 20.5. The van der Waals surface area contributed by atoms with Crippen molar-refractivity contribution in [3.63, 3.8) is 0 Å². The minimum atomic E-state index is -0.654. The summed E-state index contributed by atoms with van der Waals surface area (Å²) in [5.74, 6) is 0.726. The Kier molecular flexibility index (Phi) is 8.63. The second kappa shape index (κ2) is 11.6. The first-order valence-electron chi connectivity index (χ1n) is 11.6. The van der Waals surface area contributed by atoms with E-state index in [2.05, 4.69) is 16.4 Å². The topological polar surface area (TPSA) is 120 Å². The summed E-state index contributed by atoms with van der Waals surface area (Å²) in [6.07, 6.45) is 2.07. The Morgan fingerprint density at radius 2 is 1.91 bits per heavy atom. The maximum atomic E-state index is 12.9. The van der Waals surface area contributed by atoms with Crippen molar-refractivity contribution < 1.29 is 19.7 Å². The van der Waals surface area contributed by atoms with Crippen LogP contribution < -0.4 is 10.1 Å². The fraction of sp³-hybridized carbons (Fsp3) is 0.370. The second-order valence-corrected chi connectivity index (χ2v) is 8.84. The maximum absolute atomic E-state index is 12.9. The van der Waals surface area contributed by atoms with E-state index in [9.17, 15) is 20.3 Å². The third kappa shape index (κ3) is 6.69. The molecule has 0 bridgehead atoms. The number of benzene rings is 2. The van der Waals surface area contributed by atoms with Crippen LogP contribution >= 0.6 is 0 Å². The molecule has 0 radical (unpaired) electrons. The number of aromatic nitrogens is 2. The number of hydrogen-bond acceptors (Lipinski definition) is 6. The number of rotatable bonds is 10. The van der Waals surface area contributed by atoms with Crippen molar-refractivity contribution in [3.05, 3.63) is 71.2 Å². The van der Waals surface area contributed by atoms with Crippen molar-refractivity contribution in [2.24, 2.45) is 7.05 Å². The number of carbonyl (C=O) groups is 1. The lowest BCUT2D eigenvalue weighted by Crippen LogP contribution is -2.37. The van der Waals surface area contributed by atoms with Crippen LogP contribution in [-0.4, -0.2) is 44.4 Å². The normalized spacial score (nSPS) is 12.7. The number of carbonyl (C=O) groups excluding carboxylic acids is 1. The van der Waals surface area contributed by atoms with E-state index < -0.39 is 6.10 Å². The van der Waals surface area contributed by atoms with Crippen LogP contribution in [0.25, 0.3) is 11.3 Å². The van der Waals surface area contributed by atoms with E-state index in [-0.39, 0.29) is 24.7 Å². The lowest BCUT2D eigenvalue weighted by molar-refractivity contribution is 0.0930. The Hall–Kier alpha value is -3.67. The van der Waals surface area contributed by atoms with Crippen LogP contribution in [0.5, 0.6) is 5.75 Å². The molecule has 184 valence electrons. The standard InChI is InChI=1S/C27H32N4O4/c1-17(2)35-25-10-9-21(14-22(25)15-28)27(34)29-23(11-12-32)13-19-5-7-20(8-6-19)24-16-31(4)26(30-24)18(3)33/h5-10,14,16-18,23,32-33H,11-13H2,1-4H3,(H,29,34). The first-order valence-corrected chi connectivity index (χ1v) is 11.6. The monoisotopic (exact) mass is 476 g/mol. The van der Waals surface area contributed by atoms with Crippen LogP contribution in [0.3, 0.4) is 0 Å². The fourth-order valence-electron chi connectivity index (χ4n) is 3.87. The highest BCUT2D eigenvalue weighted by Gasteiger charge is 2.17. The van der Waals surface area contributed by atoms with Gasteiger partial charge in [-0.15, -0.1) is 0 Å². The van der Waals surface area contributed by atoms with Gasteiger partial charge in [0, 0.05) is 37.0 Å². The summed E-state index contributed by atoms with van der Waals surface area (Å²) in [5.41, 5.74) is 3.35. The van der Waals surface area contributed by atoms with Crippen LogP contribution in [0.15, 0.2) is 48.7 Å². The van der Waals surface area contributed by atoms with Crippen LogP contribution in [0.4, 0.5) is 0 Å². The van der Waals surface area contributed by atoms with Crippen molar-refractivity contribution in [3.8, 4) is 23.1 Å². The minimum absolute atomic E-state index is 0.0658. The molecule has 0 aliphatic carbocycles. The van der Waals surface area contributed by atoms with Gasteiger partial charge in [-0.3, -0.25) is 4.79 Å². The molecule has 1 aromatic heterocycles. The Balaban J connectivity index is 1.71. The van der Waals surface area contributed by atoms with E-state index in [1.54, 1.807) is 23.6 Å². The molecule has 3 rings (SSSR count). The number of aliphatic hydroxyl groups excluding tert-OH is 2. The molecule has 0 saturated heterocycles. The highest BCUT2D eigenvalue weighted by molar-refractivity contribution is 5.95. The SMILES string of the molecule is CC(C)Oc1ccc(C(=O)NC(CCO)Cc2ccc(-c3cn(C)c(C(C)O)n3)cc2)cc1C#N. The first-order chi connectivity index (χ1) is 16.7. The van der Waals surface area contributed by atoms with Crippen LogP contribution in [-0.2, 0) is 13.5 Å². The third-order valence-electron chi connectivity index (χ3n) is 5.56. The molecule has 0 aliphatic rings. The minimum Gasteiger partial charge on any atom is -0.490 e. The Morgan fingerprint density at radius 3 is 2.49 bits per heavy atom. The average Bonchev–Trinajstić information content (AvgIpc) is 3.21. The number of nitrogens with zero attached hydrogens (tertiary/aromatic N) is 3. The quantitative estimate of drug-likeness (QED) is 0.412. The van der Waals surface area contributed by atoms with Gasteiger partial charge in [0.15, 0.2) is 0 Å². The summed E-state index contributed by atoms with van der Waals surface area (Å²) < 4.78 is 7.43. The number of hydrogen-bond donors (Lipinski definition) is 3. The molecule has 0 fully saturated rings. The number of imidazole rings is 1. The average molecular weight is 477 g/mol. The first kappa shape index (κ1) is 25.9. The third-order valence-corrected chi connectivity index (χ3v) is 5.56. The molecule has 1 heterocycles. The highest BCUT2D eigenvalue weighted by Crippen LogP contribution is 2.23. The summed E-state index contributed by atoms with van der Waals surface area (Å²) in [7, 11) is 1.85. The van der Waals surface area contributed by atoms with Crippen molar-refractivity contribution in [2.75, 3.05) is 6.61 Å². The molecule has 3 N–H and O–H groups in total. The predicted molar refractivity (Wildman–Crippen MR) is 133 cm³/mol. The van der Waals surface area contributed by atoms with Crippen LogP contribution in [0.2, 0.25) is 0 Å². The number of nitriles is 1. The molecule has 8 heteroatoms. The molecule has 2 unspecified atom stereocenters. The van der Waals surface area contributed by atoms with E-state index in [4.69, 9.17) is 4.74 Å². The molecular weight excluding hydrogens is 444 g/mol. The smallest absolute Gasteiger partial charge is 0.251 e. The number of aryl methyl sites for hydroxylation is 1. The van der Waals surface area contributed by atoms with Gasteiger partial charge in [0.05, 0.1) is 17.4 Å². The molecule has 2 atom stereocenters. The van der Waals surface area contributed by atoms with E-state index in [0.29, 0.717) is 35.5 Å². The summed E-state index contributed by atoms with van der Waals surface area (Å²) in [6, 6.07) is 14.4. The fourth-order valence-corrected chi connectivity index (χ4v) is 3.87. The van der Waals surface area contributed by atoms with Crippen molar-refractivity contribution in [1.82, 2.24) is 14.9 Å². The van der Waals surface area contributed by atoms with Crippen LogP contribution in [0, 0.1) is 11.3 Å². The zero-order valence-electron chi connectivity index (χ0n) is 20.5. The molecule has 35 heavy (non-hydrogen) atoms. The van der Waals surface area contributed by atoms with Gasteiger partial charge in [0.25, 0.3) is 5.91 Å². The van der Waals surface area contributed by atoms with E-state index in [0.717, 1.165) is 16.8 Å². The van der Waals surface area contributed by atoms with E-state index in [1.807, 2.05) is 51.4 Å². The summed E-state index contributed by atoms with van der Waals surface area (Å²) >= 11 is 0. The van der Waals surface area contributed by atoms with Crippen molar-refractivity contribution >= 4 is 5.91 Å². The van der Waals surface area contributed by atoms with Crippen LogP contribution in [0.1, 0.15) is 60.6 Å². The van der Waals surface area contributed by atoms with Crippen molar-refractivity contribution in [1.29, 1.82) is 5.26 Å². The Labute approximate surface area is 205 Å². The van der Waals surface area contributed by atoms with Gasteiger partial charge in [-0.2, -0.15) is 5.26 Å². The van der Waals surface area contributed by atoms with Gasteiger partial charge in [-0.25, -0.2) is 4.98 Å². The maximum Gasteiger partial charge on any atom is 0.251 e. The highest BCUT2D eigenvalue weighted by atomic mass is 16.5. The number of aliphatic hydroxyl groups is 2. The summed E-state index contributed by atoms with van der Waals surface area (Å²) in [5, 5.41) is 31.8. The second-order valence-electron chi connectivity index (χ2n) is 8.84. The molecule has 0 saturated carbocycles. The molecule has 0 aliphatic heterocycles. The van der Waals surface area contributed by atoms with Gasteiger partial charge in [-0.1, -0.05) is 24.3 Å². The summed E-state index contributed by atoms with van der Waals surface area (Å²) in [4.78, 5) is 17.4. The van der Waals surface area contributed by atoms with Gasteiger partial charge in [0.2, 0.25) is 0 Å². The van der Waals surface area contributed by atoms with Gasteiger partial charge in [-0.05, 0) is 57.4 Å². The van der Waals surface area contributed by atoms with E-state index in [1.165, 1.54) is 6.07 Å². The zero-order chi connectivity index (χ0) is 25.5. The number of amides is 1. The Morgan fingerprint density at radius 1 is 1.20 bits per heavy atom. The lowest BCUT2D eigenvalue weighted by Gasteiger charge is -2.19. The molecule has 1 amide bonds. The molecular formula is C27H32N4O4. The summed E-state index contributed by atoms with van der Waals surface area (Å²) in [6.45, 7) is 5.36. The Bertz CT molecular complexity index is 1190. The van der Waals surface area contributed by atoms with Gasteiger partial charge in [0.1, 0.15) is 23.7 Å². The number of nitrogens with one attached hydrogen (secondary N) is 1. The van der Waals surface area contributed by atoms with Gasteiger partial charge < -0.3 is 24.8 Å². The number of ether oxygens (including phenoxy) is 1. The predicted octanol–water partition coefficient (Wildman–Crippen LogP) is 3.52.